The van der Waals surface area contributed by atoms with E-state index in [1.165, 1.54) is 0 Å². The highest BCUT2D eigenvalue weighted by molar-refractivity contribution is 6.31. The first-order valence-electron chi connectivity index (χ1n) is 7.46. The maximum atomic E-state index is 12.2. The van der Waals surface area contributed by atoms with Crippen LogP contribution in [0.1, 0.15) is 5.56 Å². The van der Waals surface area contributed by atoms with Crippen molar-refractivity contribution >= 4 is 39.4 Å². The number of fused-ring (bicyclic) bond motifs is 2. The van der Waals surface area contributed by atoms with E-state index in [0.29, 0.717) is 22.9 Å². The molecule has 0 spiro atoms. The molecule has 24 heavy (non-hydrogen) atoms. The highest BCUT2D eigenvalue weighted by Crippen LogP contribution is 2.18. The summed E-state index contributed by atoms with van der Waals surface area (Å²) in [5.74, 6) is 0.695. The predicted octanol–water partition coefficient (Wildman–Crippen LogP) is 3.74. The van der Waals surface area contributed by atoms with Gasteiger partial charge in [-0.1, -0.05) is 11.6 Å². The van der Waals surface area contributed by atoms with E-state index in [0.717, 1.165) is 21.9 Å². The van der Waals surface area contributed by atoms with Crippen LogP contribution in [0.2, 0.25) is 5.02 Å². The van der Waals surface area contributed by atoms with Gasteiger partial charge in [0.1, 0.15) is 5.82 Å². The van der Waals surface area contributed by atoms with Gasteiger partial charge in [-0.2, -0.15) is 0 Å². The maximum Gasteiger partial charge on any atom is 0.253 e. The smallest absolute Gasteiger partial charge is 0.253 e. The van der Waals surface area contributed by atoms with Crippen molar-refractivity contribution in [1.29, 1.82) is 0 Å². The van der Waals surface area contributed by atoms with E-state index in [-0.39, 0.29) is 5.56 Å². The van der Waals surface area contributed by atoms with E-state index in [9.17, 15) is 4.79 Å². The molecule has 0 unspecified atom stereocenters. The minimum atomic E-state index is -0.125. The van der Waals surface area contributed by atoms with Gasteiger partial charge in [0.15, 0.2) is 0 Å². The van der Waals surface area contributed by atoms with Gasteiger partial charge >= 0.3 is 0 Å². The summed E-state index contributed by atoms with van der Waals surface area (Å²) in [6, 6.07) is 14.7. The number of nitrogens with zero attached hydrogens (tertiary/aromatic N) is 2. The van der Waals surface area contributed by atoms with Crippen molar-refractivity contribution in [1.82, 2.24) is 15.0 Å². The molecule has 0 atom stereocenters. The number of hydrogen-bond acceptors (Lipinski definition) is 4. The van der Waals surface area contributed by atoms with Crippen LogP contribution in [0.15, 0.2) is 59.5 Å². The number of aromatic nitrogens is 3. The molecule has 0 saturated carbocycles. The first-order chi connectivity index (χ1) is 11.7. The molecule has 6 heteroatoms. The third kappa shape index (κ3) is 2.81. The molecule has 0 bridgehead atoms. The second kappa shape index (κ2) is 5.94. The zero-order valence-corrected chi connectivity index (χ0v) is 13.3. The number of H-pyrrole nitrogens is 1. The fraction of sp³-hybridized carbons (Fsp3) is 0.0556. The van der Waals surface area contributed by atoms with E-state index < -0.39 is 0 Å². The molecular formula is C18H13ClN4O. The summed E-state index contributed by atoms with van der Waals surface area (Å²) in [4.78, 5) is 23.8. The number of rotatable bonds is 3. The Bertz CT molecular complexity index is 1110. The molecule has 0 aliphatic carbocycles. The van der Waals surface area contributed by atoms with E-state index in [2.05, 4.69) is 20.3 Å². The minimum Gasteiger partial charge on any atom is -0.366 e. The topological polar surface area (TPSA) is 70.7 Å². The quantitative estimate of drug-likeness (QED) is 0.598. The number of hydrogen-bond donors (Lipinski definition) is 2. The van der Waals surface area contributed by atoms with Gasteiger partial charge in [-0.25, -0.2) is 4.98 Å². The second-order valence-corrected chi connectivity index (χ2v) is 5.88. The fourth-order valence-electron chi connectivity index (χ4n) is 2.60. The summed E-state index contributed by atoms with van der Waals surface area (Å²) in [6.07, 6.45) is 1.73. The standard InChI is InChI=1S/C18H13ClN4O/c19-13-3-4-14-11(9-13)8-12(18(24)23-14)10-21-17-6-5-15-16(22-17)2-1-7-20-15/h1-9H,10H2,(H,21,22)(H,23,24). The lowest BCUT2D eigenvalue weighted by atomic mass is 10.1. The highest BCUT2D eigenvalue weighted by atomic mass is 35.5. The normalized spacial score (nSPS) is 11.0. The molecule has 5 nitrogen and oxygen atoms in total. The zero-order valence-electron chi connectivity index (χ0n) is 12.6. The number of anilines is 1. The first kappa shape index (κ1) is 14.7. The van der Waals surface area contributed by atoms with Gasteiger partial charge in [0.2, 0.25) is 0 Å². The molecule has 0 fully saturated rings. The Hall–Kier alpha value is -2.92. The van der Waals surface area contributed by atoms with E-state index in [1.807, 2.05) is 36.4 Å². The molecule has 2 N–H and O–H groups in total. The van der Waals surface area contributed by atoms with Gasteiger partial charge < -0.3 is 10.3 Å². The summed E-state index contributed by atoms with van der Waals surface area (Å²) in [5, 5.41) is 4.72. The van der Waals surface area contributed by atoms with Crippen molar-refractivity contribution in [2.45, 2.75) is 6.54 Å². The molecule has 0 radical (unpaired) electrons. The lowest BCUT2D eigenvalue weighted by molar-refractivity contribution is 1.07. The lowest BCUT2D eigenvalue weighted by Gasteiger charge is -2.07. The Kier molecular flexibility index (Phi) is 3.63. The summed E-state index contributed by atoms with van der Waals surface area (Å²) in [5.41, 5.74) is 2.91. The molecule has 3 aromatic heterocycles. The van der Waals surface area contributed by atoms with Gasteiger partial charge in [0, 0.05) is 34.2 Å². The average molecular weight is 337 g/mol. The van der Waals surface area contributed by atoms with E-state index in [1.54, 1.807) is 18.3 Å². The first-order valence-corrected chi connectivity index (χ1v) is 7.84. The monoisotopic (exact) mass is 336 g/mol. The van der Waals surface area contributed by atoms with E-state index >= 15 is 0 Å². The number of halogens is 1. The molecule has 0 saturated heterocycles. The van der Waals surface area contributed by atoms with Crippen LogP contribution in [0.25, 0.3) is 21.9 Å². The largest absolute Gasteiger partial charge is 0.366 e. The van der Waals surface area contributed by atoms with Gasteiger partial charge in [0.05, 0.1) is 11.0 Å². The van der Waals surface area contributed by atoms with Gasteiger partial charge in [-0.3, -0.25) is 9.78 Å². The van der Waals surface area contributed by atoms with Crippen LogP contribution in [0.5, 0.6) is 0 Å². The lowest BCUT2D eigenvalue weighted by Crippen LogP contribution is -2.16. The zero-order chi connectivity index (χ0) is 16.5. The van der Waals surface area contributed by atoms with Gasteiger partial charge in [-0.05, 0) is 48.5 Å². The van der Waals surface area contributed by atoms with Crippen molar-refractivity contribution in [2.75, 3.05) is 5.32 Å². The van der Waals surface area contributed by atoms with Crippen LogP contribution < -0.4 is 10.9 Å². The molecule has 4 aromatic rings. The Balaban J connectivity index is 1.63. The van der Waals surface area contributed by atoms with Crippen LogP contribution in [0, 0.1) is 0 Å². The maximum absolute atomic E-state index is 12.2. The minimum absolute atomic E-state index is 0.125. The molecule has 118 valence electrons. The molecule has 4 rings (SSSR count). The van der Waals surface area contributed by atoms with Crippen LogP contribution in [0.3, 0.4) is 0 Å². The molecule has 0 aliphatic rings. The Morgan fingerprint density at radius 2 is 2.00 bits per heavy atom. The van der Waals surface area contributed by atoms with Crippen molar-refractivity contribution in [2.24, 2.45) is 0 Å². The Labute approximate surface area is 142 Å². The SMILES string of the molecule is O=c1[nH]c2ccc(Cl)cc2cc1CNc1ccc2ncccc2n1. The summed E-state index contributed by atoms with van der Waals surface area (Å²) in [7, 11) is 0. The number of benzene rings is 1. The molecule has 0 aliphatic heterocycles. The van der Waals surface area contributed by atoms with Crippen molar-refractivity contribution in [3.05, 3.63) is 75.7 Å². The molecule has 3 heterocycles. The molecular weight excluding hydrogens is 324 g/mol. The van der Waals surface area contributed by atoms with Crippen LogP contribution >= 0.6 is 11.6 Å². The van der Waals surface area contributed by atoms with E-state index in [4.69, 9.17) is 11.6 Å². The van der Waals surface area contributed by atoms with Crippen molar-refractivity contribution in [3.63, 3.8) is 0 Å². The molecule has 0 amide bonds. The summed E-state index contributed by atoms with van der Waals surface area (Å²) >= 11 is 6.02. The Morgan fingerprint density at radius 1 is 1.08 bits per heavy atom. The average Bonchev–Trinajstić information content (AvgIpc) is 2.60. The molecule has 1 aromatic carbocycles. The predicted molar refractivity (Wildman–Crippen MR) is 96.4 cm³/mol. The van der Waals surface area contributed by atoms with Gasteiger partial charge in [0.25, 0.3) is 5.56 Å². The van der Waals surface area contributed by atoms with Crippen molar-refractivity contribution in [3.8, 4) is 0 Å². The number of aromatic amines is 1. The summed E-state index contributed by atoms with van der Waals surface area (Å²) < 4.78 is 0. The Morgan fingerprint density at radius 3 is 2.92 bits per heavy atom. The van der Waals surface area contributed by atoms with Gasteiger partial charge in [-0.15, -0.1) is 0 Å². The fourth-order valence-corrected chi connectivity index (χ4v) is 2.78. The number of pyridine rings is 3. The van der Waals surface area contributed by atoms with Crippen LogP contribution in [-0.4, -0.2) is 15.0 Å². The van der Waals surface area contributed by atoms with Crippen molar-refractivity contribution < 1.29 is 0 Å². The second-order valence-electron chi connectivity index (χ2n) is 5.45. The summed E-state index contributed by atoms with van der Waals surface area (Å²) in [6.45, 7) is 0.372. The third-order valence-electron chi connectivity index (χ3n) is 3.80. The van der Waals surface area contributed by atoms with Crippen LogP contribution in [0.4, 0.5) is 5.82 Å². The number of nitrogens with one attached hydrogen (secondary N) is 2. The highest BCUT2D eigenvalue weighted by Gasteiger charge is 2.05. The third-order valence-corrected chi connectivity index (χ3v) is 4.03. The van der Waals surface area contributed by atoms with Crippen LogP contribution in [-0.2, 0) is 6.54 Å².